The van der Waals surface area contributed by atoms with Gasteiger partial charge in [-0.3, -0.25) is 4.79 Å². The van der Waals surface area contributed by atoms with Crippen LogP contribution in [0, 0.1) is 5.82 Å². The molecule has 0 aliphatic heterocycles. The quantitative estimate of drug-likeness (QED) is 0.912. The summed E-state index contributed by atoms with van der Waals surface area (Å²) >= 11 is 5.69. The average molecular weight is 295 g/mol. The van der Waals surface area contributed by atoms with E-state index in [1.165, 1.54) is 24.4 Å². The number of anilines is 1. The van der Waals surface area contributed by atoms with E-state index in [2.05, 4.69) is 10.3 Å². The number of hydrogen-bond acceptors (Lipinski definition) is 3. The lowest BCUT2D eigenvalue weighted by Crippen LogP contribution is -2.17. The monoisotopic (exact) mass is 294 g/mol. The number of carbonyl (C=O) groups is 2. The molecule has 0 bridgehead atoms. The van der Waals surface area contributed by atoms with Crippen LogP contribution < -0.4 is 5.32 Å². The van der Waals surface area contributed by atoms with Crippen LogP contribution in [0.1, 0.15) is 20.8 Å². The maximum absolute atomic E-state index is 13.5. The highest BCUT2D eigenvalue weighted by atomic mass is 35.5. The van der Waals surface area contributed by atoms with Crippen LogP contribution in [0.4, 0.5) is 10.1 Å². The van der Waals surface area contributed by atoms with Crippen LogP contribution in [0.5, 0.6) is 0 Å². The number of aromatic nitrogens is 1. The summed E-state index contributed by atoms with van der Waals surface area (Å²) < 4.78 is 13.5. The molecule has 0 saturated carbocycles. The zero-order valence-corrected chi connectivity index (χ0v) is 10.7. The summed E-state index contributed by atoms with van der Waals surface area (Å²) in [6.07, 6.45) is 1.28. The number of halogens is 2. The molecule has 5 nitrogen and oxygen atoms in total. The number of carbonyl (C=O) groups excluding carboxylic acids is 1. The molecule has 0 radical (unpaired) electrons. The summed E-state index contributed by atoms with van der Waals surface area (Å²) in [7, 11) is 0. The molecule has 102 valence electrons. The van der Waals surface area contributed by atoms with Gasteiger partial charge < -0.3 is 10.4 Å². The van der Waals surface area contributed by atoms with E-state index in [1.807, 2.05) is 0 Å². The Hall–Kier alpha value is -2.47. The number of nitrogens with zero attached hydrogens (tertiary/aromatic N) is 1. The Labute approximate surface area is 118 Å². The second kappa shape index (κ2) is 5.66. The van der Waals surface area contributed by atoms with Gasteiger partial charge in [0, 0.05) is 11.2 Å². The van der Waals surface area contributed by atoms with E-state index in [0.717, 1.165) is 12.1 Å². The van der Waals surface area contributed by atoms with Crippen LogP contribution in [-0.4, -0.2) is 22.0 Å². The first kappa shape index (κ1) is 14.0. The van der Waals surface area contributed by atoms with Crippen molar-refractivity contribution in [2.45, 2.75) is 0 Å². The van der Waals surface area contributed by atoms with Crippen LogP contribution in [0.15, 0.2) is 36.5 Å². The average Bonchev–Trinajstić information content (AvgIpc) is 2.41. The summed E-state index contributed by atoms with van der Waals surface area (Å²) in [4.78, 5) is 26.5. The topological polar surface area (TPSA) is 79.3 Å². The van der Waals surface area contributed by atoms with Crippen molar-refractivity contribution in [1.82, 2.24) is 4.98 Å². The Kier molecular flexibility index (Phi) is 3.95. The Bertz CT molecular complexity index is 691. The maximum atomic E-state index is 13.5. The third kappa shape index (κ3) is 2.92. The standard InChI is InChI=1S/C13H8ClFN2O3/c14-7-3-4-9(15)8(6-7)12(18)17-10-2-1-5-16-11(10)13(19)20/h1-6H,(H,17,18)(H,19,20). The van der Waals surface area contributed by atoms with Gasteiger partial charge in [-0.2, -0.15) is 0 Å². The maximum Gasteiger partial charge on any atom is 0.356 e. The third-order valence-corrected chi connectivity index (χ3v) is 2.67. The SMILES string of the molecule is O=C(Nc1cccnc1C(=O)O)c1cc(Cl)ccc1F. The minimum atomic E-state index is -1.30. The Morgan fingerprint density at radius 2 is 2.05 bits per heavy atom. The Morgan fingerprint density at radius 1 is 1.30 bits per heavy atom. The highest BCUT2D eigenvalue weighted by Crippen LogP contribution is 2.18. The van der Waals surface area contributed by atoms with E-state index in [1.54, 1.807) is 0 Å². The number of nitrogens with one attached hydrogen (secondary N) is 1. The molecule has 2 aromatic rings. The van der Waals surface area contributed by atoms with Crippen LogP contribution in [-0.2, 0) is 0 Å². The van der Waals surface area contributed by atoms with Crippen molar-refractivity contribution in [1.29, 1.82) is 0 Å². The molecule has 20 heavy (non-hydrogen) atoms. The summed E-state index contributed by atoms with van der Waals surface area (Å²) in [6.45, 7) is 0. The fourth-order valence-corrected chi connectivity index (χ4v) is 1.71. The minimum absolute atomic E-state index is 0.0237. The largest absolute Gasteiger partial charge is 0.476 e. The molecule has 1 aromatic carbocycles. The number of rotatable bonds is 3. The van der Waals surface area contributed by atoms with Gasteiger partial charge in [-0.05, 0) is 30.3 Å². The van der Waals surface area contributed by atoms with E-state index in [4.69, 9.17) is 16.7 Å². The van der Waals surface area contributed by atoms with Gasteiger partial charge in [-0.25, -0.2) is 14.2 Å². The summed E-state index contributed by atoms with van der Waals surface area (Å²) in [5.74, 6) is -2.86. The van der Waals surface area contributed by atoms with E-state index in [-0.39, 0.29) is 22.0 Å². The molecule has 0 fully saturated rings. The molecule has 0 spiro atoms. The summed E-state index contributed by atoms with van der Waals surface area (Å²) in [6, 6.07) is 6.33. The molecule has 2 N–H and O–H groups in total. The number of hydrogen-bond donors (Lipinski definition) is 2. The van der Waals surface area contributed by atoms with E-state index in [0.29, 0.717) is 0 Å². The van der Waals surface area contributed by atoms with Crippen molar-refractivity contribution in [2.24, 2.45) is 0 Å². The number of pyridine rings is 1. The normalized spacial score (nSPS) is 10.1. The molecule has 1 heterocycles. The smallest absolute Gasteiger partial charge is 0.356 e. The molecular formula is C13H8ClFN2O3. The fraction of sp³-hybridized carbons (Fsp3) is 0. The van der Waals surface area contributed by atoms with Gasteiger partial charge in [0.25, 0.3) is 5.91 Å². The van der Waals surface area contributed by atoms with Crippen molar-refractivity contribution in [3.63, 3.8) is 0 Å². The molecule has 1 amide bonds. The van der Waals surface area contributed by atoms with Gasteiger partial charge in [0.1, 0.15) is 5.82 Å². The summed E-state index contributed by atoms with van der Waals surface area (Å²) in [5.41, 5.74) is -0.634. The highest BCUT2D eigenvalue weighted by molar-refractivity contribution is 6.31. The van der Waals surface area contributed by atoms with Crippen LogP contribution in [0.25, 0.3) is 0 Å². The zero-order valence-electron chi connectivity index (χ0n) is 9.93. The molecule has 0 unspecified atom stereocenters. The van der Waals surface area contributed by atoms with Gasteiger partial charge in [-0.15, -0.1) is 0 Å². The van der Waals surface area contributed by atoms with Gasteiger partial charge >= 0.3 is 5.97 Å². The molecule has 0 atom stereocenters. The Morgan fingerprint density at radius 3 is 2.75 bits per heavy atom. The van der Waals surface area contributed by atoms with E-state index in [9.17, 15) is 14.0 Å². The third-order valence-electron chi connectivity index (χ3n) is 2.43. The first-order chi connectivity index (χ1) is 9.49. The first-order valence-electron chi connectivity index (χ1n) is 5.44. The van der Waals surface area contributed by atoms with Crippen LogP contribution >= 0.6 is 11.6 Å². The van der Waals surface area contributed by atoms with Gasteiger partial charge in [0.15, 0.2) is 5.69 Å². The lowest BCUT2D eigenvalue weighted by atomic mass is 10.2. The van der Waals surface area contributed by atoms with Crippen molar-refractivity contribution >= 4 is 29.2 Å². The first-order valence-corrected chi connectivity index (χ1v) is 5.81. The molecule has 0 aliphatic carbocycles. The molecular weight excluding hydrogens is 287 g/mol. The fourth-order valence-electron chi connectivity index (χ4n) is 1.54. The molecule has 1 aromatic heterocycles. The minimum Gasteiger partial charge on any atom is -0.476 e. The number of benzene rings is 1. The predicted octanol–water partition coefficient (Wildman–Crippen LogP) is 2.82. The number of carboxylic acids is 1. The van der Waals surface area contributed by atoms with Crippen molar-refractivity contribution in [2.75, 3.05) is 5.32 Å². The van der Waals surface area contributed by atoms with Crippen LogP contribution in [0.2, 0.25) is 5.02 Å². The highest BCUT2D eigenvalue weighted by Gasteiger charge is 2.17. The molecule has 2 rings (SSSR count). The zero-order chi connectivity index (χ0) is 14.7. The van der Waals surface area contributed by atoms with Gasteiger partial charge in [-0.1, -0.05) is 11.6 Å². The second-order valence-electron chi connectivity index (χ2n) is 3.78. The number of amides is 1. The van der Waals surface area contributed by atoms with Gasteiger partial charge in [0.2, 0.25) is 0 Å². The Balaban J connectivity index is 2.33. The van der Waals surface area contributed by atoms with E-state index >= 15 is 0 Å². The van der Waals surface area contributed by atoms with E-state index < -0.39 is 17.7 Å². The van der Waals surface area contributed by atoms with Crippen molar-refractivity contribution < 1.29 is 19.1 Å². The lowest BCUT2D eigenvalue weighted by Gasteiger charge is -2.08. The lowest BCUT2D eigenvalue weighted by molar-refractivity contribution is 0.0691. The van der Waals surface area contributed by atoms with Crippen molar-refractivity contribution in [3.8, 4) is 0 Å². The summed E-state index contributed by atoms with van der Waals surface area (Å²) in [5, 5.41) is 11.4. The molecule has 7 heteroatoms. The number of aromatic carboxylic acids is 1. The number of carboxylic acid groups (broad SMARTS) is 1. The van der Waals surface area contributed by atoms with Crippen LogP contribution in [0.3, 0.4) is 0 Å². The van der Waals surface area contributed by atoms with Gasteiger partial charge in [0.05, 0.1) is 11.3 Å². The second-order valence-corrected chi connectivity index (χ2v) is 4.22. The molecule has 0 aliphatic rings. The molecule has 0 saturated heterocycles. The predicted molar refractivity (Wildman–Crippen MR) is 70.6 cm³/mol. The van der Waals surface area contributed by atoms with Crippen molar-refractivity contribution in [3.05, 3.63) is 58.6 Å².